The van der Waals surface area contributed by atoms with Gasteiger partial charge in [0.25, 0.3) is 0 Å². The predicted octanol–water partition coefficient (Wildman–Crippen LogP) is 0.0395. The monoisotopic (exact) mass is 311 g/mol. The summed E-state index contributed by atoms with van der Waals surface area (Å²) in [6.45, 7) is 3.70. The van der Waals surface area contributed by atoms with Crippen molar-refractivity contribution in [2.45, 2.75) is 45.1 Å². The number of nitrogens with two attached hydrogens (primary N) is 1. The lowest BCUT2D eigenvalue weighted by atomic mass is 9.76. The second-order valence-electron chi connectivity index (χ2n) is 6.48. The number of piperidine rings is 1. The average molecular weight is 311 g/mol. The van der Waals surface area contributed by atoms with E-state index in [1.165, 1.54) is 11.8 Å². The van der Waals surface area contributed by atoms with E-state index in [0.29, 0.717) is 45.4 Å². The Bertz CT molecular complexity index is 434. The molecule has 1 atom stereocenters. The van der Waals surface area contributed by atoms with E-state index in [1.54, 1.807) is 0 Å². The lowest BCUT2D eigenvalue weighted by Crippen LogP contribution is -2.44. The Balaban J connectivity index is 1.97. The summed E-state index contributed by atoms with van der Waals surface area (Å²) in [6, 6.07) is -0.725. The molecule has 2 aliphatic heterocycles. The molecule has 0 aromatic rings. The zero-order chi connectivity index (χ0) is 16.3. The third-order valence-corrected chi connectivity index (χ3v) is 4.97. The summed E-state index contributed by atoms with van der Waals surface area (Å²) in [6.07, 6.45) is 3.18. The second-order valence-corrected chi connectivity index (χ2v) is 6.48. The van der Waals surface area contributed by atoms with Crippen molar-refractivity contribution in [1.29, 1.82) is 0 Å². The lowest BCUT2D eigenvalue weighted by Gasteiger charge is -2.39. The number of rotatable bonds is 4. The summed E-state index contributed by atoms with van der Waals surface area (Å²) < 4.78 is 0. The van der Waals surface area contributed by atoms with Crippen LogP contribution in [0.1, 0.15) is 39.0 Å². The fourth-order valence-electron chi connectivity index (χ4n) is 3.61. The SMILES string of the molecule is CC(=O)N1CC2(CCN(C(=O)CCCN)CC2)CC1C(=O)O. The number of hydrogen-bond donors (Lipinski definition) is 2. The fraction of sp³-hybridized carbons (Fsp3) is 0.800. The van der Waals surface area contributed by atoms with Crippen LogP contribution in [0, 0.1) is 5.41 Å². The molecule has 3 N–H and O–H groups in total. The highest BCUT2D eigenvalue weighted by molar-refractivity contribution is 5.83. The largest absolute Gasteiger partial charge is 0.480 e. The number of carboxylic acid groups (broad SMARTS) is 1. The fourth-order valence-corrected chi connectivity index (χ4v) is 3.61. The van der Waals surface area contributed by atoms with Crippen molar-refractivity contribution in [1.82, 2.24) is 9.80 Å². The van der Waals surface area contributed by atoms with Gasteiger partial charge in [0.15, 0.2) is 0 Å². The molecular weight excluding hydrogens is 286 g/mol. The molecule has 0 aromatic heterocycles. The van der Waals surface area contributed by atoms with Crippen LogP contribution in [0.15, 0.2) is 0 Å². The molecule has 0 radical (unpaired) electrons. The van der Waals surface area contributed by atoms with Gasteiger partial charge in [-0.15, -0.1) is 0 Å². The third-order valence-electron chi connectivity index (χ3n) is 4.97. The van der Waals surface area contributed by atoms with Crippen molar-refractivity contribution in [3.8, 4) is 0 Å². The molecule has 2 saturated heterocycles. The number of carbonyl (C=O) groups excluding carboxylic acids is 2. The minimum absolute atomic E-state index is 0.122. The molecule has 0 aliphatic carbocycles. The Morgan fingerprint density at radius 1 is 1.27 bits per heavy atom. The van der Waals surface area contributed by atoms with E-state index in [4.69, 9.17) is 5.73 Å². The first-order valence-corrected chi connectivity index (χ1v) is 7.86. The quantitative estimate of drug-likeness (QED) is 0.763. The van der Waals surface area contributed by atoms with E-state index in [9.17, 15) is 19.5 Å². The normalized spacial score (nSPS) is 23.8. The number of likely N-dealkylation sites (tertiary alicyclic amines) is 2. The highest BCUT2D eigenvalue weighted by Gasteiger charge is 2.49. The molecule has 0 saturated carbocycles. The maximum atomic E-state index is 12.0. The standard InChI is InChI=1S/C15H25N3O4/c1-11(19)18-10-15(9-12(18)14(21)22)4-7-17(8-5-15)13(20)3-2-6-16/h12H,2-10,16H2,1H3,(H,21,22). The van der Waals surface area contributed by atoms with Gasteiger partial charge in [0.2, 0.25) is 11.8 Å². The van der Waals surface area contributed by atoms with E-state index in [0.717, 1.165) is 12.8 Å². The molecule has 0 bridgehead atoms. The summed E-state index contributed by atoms with van der Waals surface area (Å²) in [7, 11) is 0. The van der Waals surface area contributed by atoms with Crippen LogP contribution in [0.25, 0.3) is 0 Å². The first kappa shape index (κ1) is 16.7. The van der Waals surface area contributed by atoms with Gasteiger partial charge in [0.05, 0.1) is 0 Å². The number of aliphatic carboxylic acids is 1. The number of carbonyl (C=O) groups is 3. The van der Waals surface area contributed by atoms with E-state index < -0.39 is 12.0 Å². The molecule has 2 fully saturated rings. The van der Waals surface area contributed by atoms with Crippen LogP contribution in [0.5, 0.6) is 0 Å². The third kappa shape index (κ3) is 3.40. The molecule has 7 heteroatoms. The summed E-state index contributed by atoms with van der Waals surface area (Å²) in [4.78, 5) is 38.4. The van der Waals surface area contributed by atoms with Crippen molar-refractivity contribution in [3.05, 3.63) is 0 Å². The molecule has 1 unspecified atom stereocenters. The average Bonchev–Trinajstić information content (AvgIpc) is 2.85. The summed E-state index contributed by atoms with van der Waals surface area (Å²) in [5.41, 5.74) is 5.27. The van der Waals surface area contributed by atoms with Crippen LogP contribution < -0.4 is 5.73 Å². The number of carboxylic acids is 1. The van der Waals surface area contributed by atoms with Gasteiger partial charge in [0.1, 0.15) is 6.04 Å². The Hall–Kier alpha value is -1.63. The smallest absolute Gasteiger partial charge is 0.326 e. The number of amides is 2. The maximum Gasteiger partial charge on any atom is 0.326 e. The molecule has 22 heavy (non-hydrogen) atoms. The van der Waals surface area contributed by atoms with Gasteiger partial charge in [-0.3, -0.25) is 9.59 Å². The van der Waals surface area contributed by atoms with E-state index in [1.807, 2.05) is 4.90 Å². The minimum Gasteiger partial charge on any atom is -0.480 e. The van der Waals surface area contributed by atoms with Crippen LogP contribution in [0.4, 0.5) is 0 Å². The molecular formula is C15H25N3O4. The van der Waals surface area contributed by atoms with Crippen molar-refractivity contribution in [3.63, 3.8) is 0 Å². The van der Waals surface area contributed by atoms with Crippen molar-refractivity contribution in [2.24, 2.45) is 11.1 Å². The molecule has 0 aromatic carbocycles. The van der Waals surface area contributed by atoms with Gasteiger partial charge in [-0.25, -0.2) is 4.79 Å². The number of hydrogen-bond acceptors (Lipinski definition) is 4. The van der Waals surface area contributed by atoms with E-state index >= 15 is 0 Å². The van der Waals surface area contributed by atoms with Crippen molar-refractivity contribution in [2.75, 3.05) is 26.2 Å². The molecule has 1 spiro atoms. The van der Waals surface area contributed by atoms with Crippen LogP contribution >= 0.6 is 0 Å². The Labute approximate surface area is 130 Å². The highest BCUT2D eigenvalue weighted by atomic mass is 16.4. The Morgan fingerprint density at radius 2 is 1.91 bits per heavy atom. The van der Waals surface area contributed by atoms with Crippen LogP contribution in [-0.2, 0) is 14.4 Å². The zero-order valence-electron chi connectivity index (χ0n) is 13.1. The topological polar surface area (TPSA) is 104 Å². The van der Waals surface area contributed by atoms with Crippen molar-refractivity contribution < 1.29 is 19.5 Å². The molecule has 124 valence electrons. The predicted molar refractivity (Wildman–Crippen MR) is 80.0 cm³/mol. The molecule has 7 nitrogen and oxygen atoms in total. The van der Waals surface area contributed by atoms with Crippen LogP contribution in [0.3, 0.4) is 0 Å². The van der Waals surface area contributed by atoms with Gasteiger partial charge >= 0.3 is 5.97 Å². The lowest BCUT2D eigenvalue weighted by molar-refractivity contribution is -0.147. The van der Waals surface area contributed by atoms with Crippen LogP contribution in [0.2, 0.25) is 0 Å². The van der Waals surface area contributed by atoms with Gasteiger partial charge in [0, 0.05) is 33.0 Å². The molecule has 2 rings (SSSR count). The van der Waals surface area contributed by atoms with Crippen molar-refractivity contribution >= 4 is 17.8 Å². The first-order chi connectivity index (χ1) is 10.4. The van der Waals surface area contributed by atoms with Gasteiger partial charge in [-0.2, -0.15) is 0 Å². The van der Waals surface area contributed by atoms with E-state index in [2.05, 4.69) is 0 Å². The Kier molecular flexibility index (Phi) is 5.05. The second kappa shape index (κ2) is 6.64. The minimum atomic E-state index is -0.937. The van der Waals surface area contributed by atoms with E-state index in [-0.39, 0.29) is 17.2 Å². The summed E-state index contributed by atoms with van der Waals surface area (Å²) in [5, 5.41) is 9.31. The van der Waals surface area contributed by atoms with Gasteiger partial charge < -0.3 is 20.6 Å². The summed E-state index contributed by atoms with van der Waals surface area (Å²) in [5.74, 6) is -1.00. The van der Waals surface area contributed by atoms with Gasteiger partial charge in [-0.1, -0.05) is 0 Å². The molecule has 2 amide bonds. The molecule has 2 aliphatic rings. The zero-order valence-corrected chi connectivity index (χ0v) is 13.1. The first-order valence-electron chi connectivity index (χ1n) is 7.86. The van der Waals surface area contributed by atoms with Crippen LogP contribution in [-0.4, -0.2) is 64.9 Å². The molecule has 2 heterocycles. The van der Waals surface area contributed by atoms with Gasteiger partial charge in [-0.05, 0) is 37.6 Å². The summed E-state index contributed by atoms with van der Waals surface area (Å²) >= 11 is 0. The maximum absolute atomic E-state index is 12.0. The number of nitrogens with zero attached hydrogens (tertiary/aromatic N) is 2. The highest BCUT2D eigenvalue weighted by Crippen LogP contribution is 2.43. The Morgan fingerprint density at radius 3 is 2.36 bits per heavy atom.